The van der Waals surface area contributed by atoms with Crippen LogP contribution in [0.4, 0.5) is 10.1 Å². The van der Waals surface area contributed by atoms with Gasteiger partial charge < -0.3 is 9.84 Å². The van der Waals surface area contributed by atoms with Crippen molar-refractivity contribution in [2.75, 3.05) is 11.9 Å². The van der Waals surface area contributed by atoms with Crippen LogP contribution in [0, 0.1) is 17.1 Å². The van der Waals surface area contributed by atoms with Gasteiger partial charge in [0.1, 0.15) is 11.9 Å². The summed E-state index contributed by atoms with van der Waals surface area (Å²) in [5.41, 5.74) is 1.94. The van der Waals surface area contributed by atoms with Crippen LogP contribution in [0.2, 0.25) is 5.02 Å². The quantitative estimate of drug-likeness (QED) is 0.660. The smallest absolute Gasteiger partial charge is 0.227 e. The molecule has 0 spiro atoms. The van der Waals surface area contributed by atoms with Gasteiger partial charge in [0.15, 0.2) is 0 Å². The molecule has 3 aromatic rings. The molecule has 3 rings (SSSR count). The number of nitrogens with zero attached hydrogens (tertiary/aromatic N) is 3. The van der Waals surface area contributed by atoms with Crippen LogP contribution >= 0.6 is 11.6 Å². The molecule has 0 atom stereocenters. The minimum absolute atomic E-state index is 0.309. The van der Waals surface area contributed by atoms with Crippen LogP contribution in [0.1, 0.15) is 17.9 Å². The lowest BCUT2D eigenvalue weighted by atomic mass is 10.2. The minimum atomic E-state index is -0.309. The molecule has 5 nitrogen and oxygen atoms in total. The maximum absolute atomic E-state index is 12.9. The average molecular weight is 357 g/mol. The maximum Gasteiger partial charge on any atom is 0.227 e. The van der Waals surface area contributed by atoms with Crippen LogP contribution in [0.5, 0.6) is 0 Å². The Hall–Kier alpha value is -2.91. The highest BCUT2D eigenvalue weighted by atomic mass is 35.5. The van der Waals surface area contributed by atoms with Gasteiger partial charge in [-0.1, -0.05) is 16.8 Å². The van der Waals surface area contributed by atoms with Crippen molar-refractivity contribution in [2.24, 2.45) is 0 Å². The molecule has 0 aliphatic rings. The molecule has 1 heterocycles. The standard InChI is InChI=1S/C18H14ClFN4O/c19-14-6-3-13(11-21)16(10-14)22-9-1-2-17-23-18(24-25-17)12-4-7-15(20)8-5-12/h3-8,10,22H,1-2,9H2. The van der Waals surface area contributed by atoms with E-state index in [9.17, 15) is 4.39 Å². The van der Waals surface area contributed by atoms with E-state index in [0.717, 1.165) is 6.42 Å². The molecule has 7 heteroatoms. The van der Waals surface area contributed by atoms with Gasteiger partial charge in [-0.2, -0.15) is 10.2 Å². The molecule has 0 radical (unpaired) electrons. The molecular weight excluding hydrogens is 343 g/mol. The predicted octanol–water partition coefficient (Wildman–Crippen LogP) is 4.45. The summed E-state index contributed by atoms with van der Waals surface area (Å²) in [5, 5.41) is 16.7. The molecule has 0 saturated heterocycles. The summed E-state index contributed by atoms with van der Waals surface area (Å²) in [7, 11) is 0. The normalized spacial score (nSPS) is 10.4. The van der Waals surface area contributed by atoms with Crippen molar-refractivity contribution in [3.8, 4) is 17.5 Å². The number of nitrogens with one attached hydrogen (secondary N) is 1. The van der Waals surface area contributed by atoms with Crippen molar-refractivity contribution >= 4 is 17.3 Å². The van der Waals surface area contributed by atoms with Crippen molar-refractivity contribution < 1.29 is 8.91 Å². The molecule has 0 amide bonds. The van der Waals surface area contributed by atoms with Crippen molar-refractivity contribution in [3.05, 3.63) is 64.8 Å². The number of hydrogen-bond donors (Lipinski definition) is 1. The summed E-state index contributed by atoms with van der Waals surface area (Å²) in [6, 6.07) is 13.1. The highest BCUT2D eigenvalue weighted by molar-refractivity contribution is 6.30. The van der Waals surface area contributed by atoms with Gasteiger partial charge in [0.25, 0.3) is 0 Å². The third-order valence-corrected chi connectivity index (χ3v) is 3.79. The van der Waals surface area contributed by atoms with Gasteiger partial charge >= 0.3 is 0 Å². The zero-order valence-electron chi connectivity index (χ0n) is 13.2. The first-order valence-electron chi connectivity index (χ1n) is 7.68. The zero-order chi connectivity index (χ0) is 17.6. The third kappa shape index (κ3) is 4.34. The van der Waals surface area contributed by atoms with Crippen LogP contribution in [-0.4, -0.2) is 16.7 Å². The molecule has 1 aromatic heterocycles. The Bertz CT molecular complexity index is 902. The first-order valence-corrected chi connectivity index (χ1v) is 8.05. The number of rotatable bonds is 6. The second-order valence-electron chi connectivity index (χ2n) is 5.35. The Labute approximate surface area is 149 Å². The van der Waals surface area contributed by atoms with E-state index < -0.39 is 0 Å². The van der Waals surface area contributed by atoms with Crippen molar-refractivity contribution in [1.82, 2.24) is 10.1 Å². The lowest BCUT2D eigenvalue weighted by molar-refractivity contribution is 0.377. The van der Waals surface area contributed by atoms with Gasteiger partial charge in [0.2, 0.25) is 11.7 Å². The molecule has 0 fully saturated rings. The summed E-state index contributed by atoms with van der Waals surface area (Å²) >= 11 is 5.95. The topological polar surface area (TPSA) is 74.7 Å². The molecule has 0 saturated carbocycles. The number of nitriles is 1. The zero-order valence-corrected chi connectivity index (χ0v) is 13.9. The van der Waals surface area contributed by atoms with E-state index >= 15 is 0 Å². The van der Waals surface area contributed by atoms with Crippen LogP contribution in [0.3, 0.4) is 0 Å². The summed E-state index contributed by atoms with van der Waals surface area (Å²) in [6.45, 7) is 0.628. The molecule has 0 bridgehead atoms. The van der Waals surface area contributed by atoms with E-state index in [1.165, 1.54) is 12.1 Å². The number of aromatic nitrogens is 2. The first-order chi connectivity index (χ1) is 12.2. The second kappa shape index (κ2) is 7.77. The molecule has 25 heavy (non-hydrogen) atoms. The highest BCUT2D eigenvalue weighted by Gasteiger charge is 2.09. The number of anilines is 1. The summed E-state index contributed by atoms with van der Waals surface area (Å²) in [5.74, 6) is 0.633. The molecule has 0 aliphatic carbocycles. The van der Waals surface area contributed by atoms with Gasteiger partial charge in [0.05, 0.1) is 11.3 Å². The molecule has 1 N–H and O–H groups in total. The molecule has 0 aliphatic heterocycles. The average Bonchev–Trinajstić information content (AvgIpc) is 3.08. The lowest BCUT2D eigenvalue weighted by Gasteiger charge is -2.07. The summed E-state index contributed by atoms with van der Waals surface area (Å²) in [4.78, 5) is 4.30. The number of aryl methyl sites for hydroxylation is 1. The van der Waals surface area contributed by atoms with E-state index in [4.69, 9.17) is 21.4 Å². The maximum atomic E-state index is 12.9. The Morgan fingerprint density at radius 2 is 2.00 bits per heavy atom. The van der Waals surface area contributed by atoms with Gasteiger partial charge in [0, 0.05) is 23.6 Å². The fourth-order valence-electron chi connectivity index (χ4n) is 2.30. The van der Waals surface area contributed by atoms with Gasteiger partial charge in [-0.25, -0.2) is 4.39 Å². The van der Waals surface area contributed by atoms with Gasteiger partial charge in [-0.3, -0.25) is 0 Å². The van der Waals surface area contributed by atoms with Gasteiger partial charge in [-0.05, 0) is 48.9 Å². The Morgan fingerprint density at radius 1 is 1.20 bits per heavy atom. The SMILES string of the molecule is N#Cc1ccc(Cl)cc1NCCCc1nc(-c2ccc(F)cc2)no1. The Morgan fingerprint density at radius 3 is 2.76 bits per heavy atom. The number of benzene rings is 2. The van der Waals surface area contributed by atoms with E-state index in [1.54, 1.807) is 30.3 Å². The largest absolute Gasteiger partial charge is 0.384 e. The number of halogens is 2. The van der Waals surface area contributed by atoms with Crippen LogP contribution in [-0.2, 0) is 6.42 Å². The first kappa shape index (κ1) is 16.9. The summed E-state index contributed by atoms with van der Waals surface area (Å²) < 4.78 is 18.1. The molecule has 0 unspecified atom stereocenters. The van der Waals surface area contributed by atoms with Crippen LogP contribution in [0.25, 0.3) is 11.4 Å². The van der Waals surface area contributed by atoms with E-state index in [-0.39, 0.29) is 5.82 Å². The molecule has 126 valence electrons. The fraction of sp³-hybridized carbons (Fsp3) is 0.167. The predicted molar refractivity (Wildman–Crippen MR) is 92.7 cm³/mol. The summed E-state index contributed by atoms with van der Waals surface area (Å²) in [6.07, 6.45) is 1.33. The Balaban J connectivity index is 1.54. The van der Waals surface area contributed by atoms with Crippen molar-refractivity contribution in [3.63, 3.8) is 0 Å². The lowest BCUT2D eigenvalue weighted by Crippen LogP contribution is -2.04. The van der Waals surface area contributed by atoms with E-state index in [0.29, 0.717) is 46.5 Å². The Kier molecular flexibility index (Phi) is 5.26. The van der Waals surface area contributed by atoms with Gasteiger partial charge in [-0.15, -0.1) is 0 Å². The second-order valence-corrected chi connectivity index (χ2v) is 5.79. The third-order valence-electron chi connectivity index (χ3n) is 3.56. The van der Waals surface area contributed by atoms with Crippen molar-refractivity contribution in [2.45, 2.75) is 12.8 Å². The van der Waals surface area contributed by atoms with Crippen LogP contribution < -0.4 is 5.32 Å². The number of hydrogen-bond acceptors (Lipinski definition) is 5. The molecule has 2 aromatic carbocycles. The van der Waals surface area contributed by atoms with E-state index in [1.807, 2.05) is 0 Å². The van der Waals surface area contributed by atoms with Crippen molar-refractivity contribution in [1.29, 1.82) is 5.26 Å². The molecular formula is C18H14ClFN4O. The highest BCUT2D eigenvalue weighted by Crippen LogP contribution is 2.20. The van der Waals surface area contributed by atoms with E-state index in [2.05, 4.69) is 21.5 Å². The van der Waals surface area contributed by atoms with Crippen LogP contribution in [0.15, 0.2) is 47.0 Å². The fourth-order valence-corrected chi connectivity index (χ4v) is 2.47. The monoisotopic (exact) mass is 356 g/mol. The minimum Gasteiger partial charge on any atom is -0.384 e.